The van der Waals surface area contributed by atoms with Crippen LogP contribution in [0.3, 0.4) is 0 Å². The van der Waals surface area contributed by atoms with Gasteiger partial charge in [0, 0.05) is 38.3 Å². The summed E-state index contributed by atoms with van der Waals surface area (Å²) in [6, 6.07) is 1.78. The van der Waals surface area contributed by atoms with E-state index in [9.17, 15) is 4.79 Å². The van der Waals surface area contributed by atoms with Gasteiger partial charge in [-0.15, -0.1) is 0 Å². The Bertz CT molecular complexity index is 1120. The lowest BCUT2D eigenvalue weighted by Crippen LogP contribution is -2.49. The summed E-state index contributed by atoms with van der Waals surface area (Å²) in [6.45, 7) is 10.9. The third-order valence-corrected chi connectivity index (χ3v) is 5.60. The molecule has 0 saturated heterocycles. The summed E-state index contributed by atoms with van der Waals surface area (Å²) < 4.78 is 7.34. The lowest BCUT2D eigenvalue weighted by atomic mass is 9.98. The van der Waals surface area contributed by atoms with Gasteiger partial charge in [-0.05, 0) is 19.8 Å². The molecule has 3 aromatic rings. The van der Waals surface area contributed by atoms with E-state index in [4.69, 9.17) is 4.42 Å². The molecule has 0 fully saturated rings. The van der Waals surface area contributed by atoms with E-state index < -0.39 is 0 Å². The zero-order valence-electron chi connectivity index (χ0n) is 18.9. The predicted octanol–water partition coefficient (Wildman–Crippen LogP) is 3.26. The van der Waals surface area contributed by atoms with Crippen LogP contribution in [0.4, 0.5) is 17.2 Å². The Labute approximate surface area is 181 Å². The van der Waals surface area contributed by atoms with E-state index >= 15 is 0 Å². The maximum absolute atomic E-state index is 12.5. The van der Waals surface area contributed by atoms with Gasteiger partial charge in [-0.25, -0.2) is 9.97 Å². The highest BCUT2D eigenvalue weighted by atomic mass is 16.4. The van der Waals surface area contributed by atoms with Gasteiger partial charge in [-0.2, -0.15) is 5.10 Å². The minimum Gasteiger partial charge on any atom is -0.446 e. The third kappa shape index (κ3) is 4.12. The number of carbonyl (C=O) groups excluding carboxylic acids is 1. The summed E-state index contributed by atoms with van der Waals surface area (Å²) in [5.74, 6) is 2.46. The predicted molar refractivity (Wildman–Crippen MR) is 119 cm³/mol. The quantitative estimate of drug-likeness (QED) is 0.627. The SMILES string of the molecule is Cc1nc(Cn2cc(CNc3cc4c(c(C)n3)NC(=O)C(C(C)C)N4C)cn2)c(C)o1. The number of likely N-dealkylation sites (N-methyl/N-ethyl adjacent to an activating group) is 1. The molecule has 4 heterocycles. The molecule has 2 N–H and O–H groups in total. The van der Waals surface area contributed by atoms with E-state index in [1.54, 1.807) is 0 Å². The van der Waals surface area contributed by atoms with Crippen molar-refractivity contribution in [3.63, 3.8) is 0 Å². The van der Waals surface area contributed by atoms with Crippen LogP contribution < -0.4 is 15.5 Å². The monoisotopic (exact) mass is 423 g/mol. The molecule has 0 bridgehead atoms. The van der Waals surface area contributed by atoms with Crippen molar-refractivity contribution < 1.29 is 9.21 Å². The van der Waals surface area contributed by atoms with Crippen molar-refractivity contribution in [3.05, 3.63) is 47.1 Å². The van der Waals surface area contributed by atoms with Crippen LogP contribution in [0.1, 0.15) is 42.4 Å². The highest BCUT2D eigenvalue weighted by Crippen LogP contribution is 2.36. The molecule has 164 valence electrons. The maximum Gasteiger partial charge on any atom is 0.247 e. The van der Waals surface area contributed by atoms with Crippen molar-refractivity contribution in [2.24, 2.45) is 5.92 Å². The Morgan fingerprint density at radius 2 is 2.03 bits per heavy atom. The second kappa shape index (κ2) is 8.05. The van der Waals surface area contributed by atoms with Crippen LogP contribution in [-0.2, 0) is 17.9 Å². The van der Waals surface area contributed by atoms with Crippen molar-refractivity contribution in [3.8, 4) is 0 Å². The highest BCUT2D eigenvalue weighted by Gasteiger charge is 2.34. The number of oxazole rings is 1. The fraction of sp³-hybridized carbons (Fsp3) is 0.455. The molecule has 4 rings (SSSR count). The topological polar surface area (TPSA) is 101 Å². The maximum atomic E-state index is 12.5. The molecule has 0 aliphatic carbocycles. The Hall–Kier alpha value is -3.36. The van der Waals surface area contributed by atoms with Gasteiger partial charge < -0.3 is 20.0 Å². The smallest absolute Gasteiger partial charge is 0.247 e. The molecule has 0 aromatic carbocycles. The Kier molecular flexibility index (Phi) is 5.43. The number of aryl methyl sites for hydroxylation is 3. The number of anilines is 3. The molecule has 0 radical (unpaired) electrons. The number of rotatable bonds is 6. The van der Waals surface area contributed by atoms with Gasteiger partial charge in [0.1, 0.15) is 23.3 Å². The molecule has 3 aromatic heterocycles. The molecule has 0 saturated carbocycles. The normalized spacial score (nSPS) is 15.9. The zero-order valence-corrected chi connectivity index (χ0v) is 18.9. The molecular weight excluding hydrogens is 394 g/mol. The van der Waals surface area contributed by atoms with E-state index in [1.165, 1.54) is 0 Å². The lowest BCUT2D eigenvalue weighted by Gasteiger charge is -2.38. The molecule has 1 aliphatic rings. The minimum atomic E-state index is -0.205. The van der Waals surface area contributed by atoms with Crippen molar-refractivity contribution in [2.45, 2.75) is 53.8 Å². The first-order valence-corrected chi connectivity index (χ1v) is 10.5. The molecule has 31 heavy (non-hydrogen) atoms. The molecule has 0 spiro atoms. The fourth-order valence-corrected chi connectivity index (χ4v) is 4.10. The lowest BCUT2D eigenvalue weighted by molar-refractivity contribution is -0.118. The van der Waals surface area contributed by atoms with Gasteiger partial charge in [-0.3, -0.25) is 9.48 Å². The number of nitrogens with one attached hydrogen (secondary N) is 2. The van der Waals surface area contributed by atoms with Crippen molar-refractivity contribution in [2.75, 3.05) is 22.6 Å². The third-order valence-electron chi connectivity index (χ3n) is 5.60. The minimum absolute atomic E-state index is 0.0144. The van der Waals surface area contributed by atoms with Crippen LogP contribution in [-0.4, -0.2) is 38.7 Å². The van der Waals surface area contributed by atoms with Crippen LogP contribution in [0.2, 0.25) is 0 Å². The summed E-state index contributed by atoms with van der Waals surface area (Å²) in [6.07, 6.45) is 3.82. The Balaban J connectivity index is 1.48. The second-order valence-corrected chi connectivity index (χ2v) is 8.41. The van der Waals surface area contributed by atoms with E-state index in [2.05, 4.69) is 39.5 Å². The van der Waals surface area contributed by atoms with Crippen LogP contribution in [0.5, 0.6) is 0 Å². The Morgan fingerprint density at radius 3 is 2.71 bits per heavy atom. The number of pyridine rings is 1. The van der Waals surface area contributed by atoms with Crippen molar-refractivity contribution in [1.29, 1.82) is 0 Å². The number of hydrogen-bond acceptors (Lipinski definition) is 7. The van der Waals surface area contributed by atoms with E-state index in [1.807, 2.05) is 55.9 Å². The average molecular weight is 424 g/mol. The second-order valence-electron chi connectivity index (χ2n) is 8.41. The first kappa shape index (κ1) is 20.9. The Morgan fingerprint density at radius 1 is 1.26 bits per heavy atom. The van der Waals surface area contributed by atoms with Gasteiger partial charge in [0.05, 0.1) is 29.8 Å². The summed E-state index contributed by atoms with van der Waals surface area (Å²) in [5.41, 5.74) is 4.46. The number of fused-ring (bicyclic) bond motifs is 1. The first-order chi connectivity index (χ1) is 14.7. The highest BCUT2D eigenvalue weighted by molar-refractivity contribution is 6.04. The molecular formula is C22H29N7O2. The van der Waals surface area contributed by atoms with Crippen LogP contribution in [0.15, 0.2) is 22.9 Å². The van der Waals surface area contributed by atoms with Crippen LogP contribution >= 0.6 is 0 Å². The van der Waals surface area contributed by atoms with Gasteiger partial charge in [0.15, 0.2) is 5.89 Å². The van der Waals surface area contributed by atoms with E-state index in [0.717, 1.165) is 39.9 Å². The summed E-state index contributed by atoms with van der Waals surface area (Å²) in [5, 5.41) is 10.8. The number of hydrogen-bond donors (Lipinski definition) is 2. The molecule has 1 amide bonds. The van der Waals surface area contributed by atoms with Crippen LogP contribution in [0, 0.1) is 26.7 Å². The summed E-state index contributed by atoms with van der Waals surface area (Å²) >= 11 is 0. The van der Waals surface area contributed by atoms with Crippen molar-refractivity contribution in [1.82, 2.24) is 19.7 Å². The first-order valence-electron chi connectivity index (χ1n) is 10.5. The average Bonchev–Trinajstić information content (AvgIpc) is 3.26. The van der Waals surface area contributed by atoms with Crippen LogP contribution in [0.25, 0.3) is 0 Å². The van der Waals surface area contributed by atoms with Gasteiger partial charge >= 0.3 is 0 Å². The largest absolute Gasteiger partial charge is 0.446 e. The van der Waals surface area contributed by atoms with Gasteiger partial charge in [-0.1, -0.05) is 13.8 Å². The van der Waals surface area contributed by atoms with E-state index in [0.29, 0.717) is 19.0 Å². The molecule has 1 atom stereocenters. The standard InChI is InChI=1S/C22H29N7O2/c1-12(2)21-22(30)27-20-13(3)25-19(7-18(20)28(21)6)23-8-16-9-24-29(10-16)11-17-14(4)31-15(5)26-17/h7,9-10,12,21H,8,11H2,1-6H3,(H,23,25)(H,27,30). The zero-order chi connectivity index (χ0) is 22.3. The fourth-order valence-electron chi connectivity index (χ4n) is 4.10. The molecule has 1 aliphatic heterocycles. The van der Waals surface area contributed by atoms with E-state index in [-0.39, 0.29) is 17.9 Å². The number of amides is 1. The number of carbonyl (C=O) groups is 1. The van der Waals surface area contributed by atoms with Gasteiger partial charge in [0.25, 0.3) is 0 Å². The summed E-state index contributed by atoms with van der Waals surface area (Å²) in [7, 11) is 1.96. The van der Waals surface area contributed by atoms with Gasteiger partial charge in [0.2, 0.25) is 5.91 Å². The summed E-state index contributed by atoms with van der Waals surface area (Å²) in [4.78, 5) is 23.6. The molecule has 9 heteroatoms. The molecule has 9 nitrogen and oxygen atoms in total. The number of aromatic nitrogens is 4. The van der Waals surface area contributed by atoms with Crippen molar-refractivity contribution >= 4 is 23.1 Å². The molecule has 1 unspecified atom stereocenters. The number of nitrogens with zero attached hydrogens (tertiary/aromatic N) is 5.